The first kappa shape index (κ1) is 13.1. The number of aryl methyl sites for hydroxylation is 1. The van der Waals surface area contributed by atoms with Crippen molar-refractivity contribution in [3.05, 3.63) is 41.0 Å². The topological polar surface area (TPSA) is 60.2 Å². The molecule has 5 heteroatoms. The predicted octanol–water partition coefficient (Wildman–Crippen LogP) is 1.69. The van der Waals surface area contributed by atoms with E-state index in [9.17, 15) is 0 Å². The summed E-state index contributed by atoms with van der Waals surface area (Å²) in [5.74, 6) is 2.44. The molecule has 1 N–H and O–H groups in total. The van der Waals surface area contributed by atoms with Crippen LogP contribution in [0.5, 0.6) is 5.75 Å². The van der Waals surface area contributed by atoms with Gasteiger partial charge >= 0.3 is 0 Å². The molecule has 0 spiro atoms. The molecule has 0 radical (unpaired) electrons. The van der Waals surface area contributed by atoms with Gasteiger partial charge in [0.05, 0.1) is 6.61 Å². The van der Waals surface area contributed by atoms with Crippen molar-refractivity contribution >= 4 is 0 Å². The molecule has 2 heterocycles. The molecule has 0 bridgehead atoms. The molecule has 3 rings (SSSR count). The summed E-state index contributed by atoms with van der Waals surface area (Å²) in [5.41, 5.74) is 2.70. The van der Waals surface area contributed by atoms with Gasteiger partial charge in [-0.15, -0.1) is 0 Å². The van der Waals surface area contributed by atoms with Crippen LogP contribution < -0.4 is 10.1 Å². The van der Waals surface area contributed by atoms with Gasteiger partial charge in [0.1, 0.15) is 5.75 Å². The second-order valence-corrected chi connectivity index (χ2v) is 5.02. The van der Waals surface area contributed by atoms with Crippen molar-refractivity contribution < 1.29 is 9.26 Å². The molecule has 0 fully saturated rings. The summed E-state index contributed by atoms with van der Waals surface area (Å²) in [6.45, 7) is 4.45. The van der Waals surface area contributed by atoms with Crippen LogP contribution in [0.25, 0.3) is 0 Å². The third-order valence-electron chi connectivity index (χ3n) is 3.44. The molecule has 0 unspecified atom stereocenters. The lowest BCUT2D eigenvalue weighted by molar-refractivity contribution is 0.357. The Morgan fingerprint density at radius 2 is 2.15 bits per heavy atom. The first-order valence-corrected chi connectivity index (χ1v) is 7.06. The van der Waals surface area contributed by atoms with Crippen molar-refractivity contribution in [3.8, 4) is 5.75 Å². The summed E-state index contributed by atoms with van der Waals surface area (Å²) in [7, 11) is 0. The number of ether oxygens (including phenoxy) is 1. The zero-order chi connectivity index (χ0) is 13.8. The fourth-order valence-corrected chi connectivity index (χ4v) is 2.40. The van der Waals surface area contributed by atoms with Crippen LogP contribution in [0.3, 0.4) is 0 Å². The van der Waals surface area contributed by atoms with Crippen LogP contribution in [0.2, 0.25) is 0 Å². The van der Waals surface area contributed by atoms with Crippen LogP contribution in [0.15, 0.2) is 22.7 Å². The molecule has 0 saturated carbocycles. The maximum atomic E-state index is 5.51. The van der Waals surface area contributed by atoms with Crippen LogP contribution in [-0.4, -0.2) is 29.8 Å². The average Bonchev–Trinajstić information content (AvgIpc) is 3.06. The molecule has 106 valence electrons. The number of rotatable bonds is 6. The van der Waals surface area contributed by atoms with Crippen LogP contribution in [0.4, 0.5) is 0 Å². The number of hydrogen-bond acceptors (Lipinski definition) is 5. The van der Waals surface area contributed by atoms with E-state index in [0.29, 0.717) is 5.89 Å². The summed E-state index contributed by atoms with van der Waals surface area (Å²) >= 11 is 0. The van der Waals surface area contributed by atoms with Crippen molar-refractivity contribution in [3.63, 3.8) is 0 Å². The van der Waals surface area contributed by atoms with Gasteiger partial charge < -0.3 is 14.6 Å². The summed E-state index contributed by atoms with van der Waals surface area (Å²) < 4.78 is 10.4. The van der Waals surface area contributed by atoms with E-state index in [1.165, 1.54) is 11.1 Å². The number of nitrogens with zero attached hydrogens (tertiary/aromatic N) is 2. The third kappa shape index (κ3) is 3.17. The second kappa shape index (κ2) is 6.05. The molecule has 0 amide bonds. The van der Waals surface area contributed by atoms with E-state index in [4.69, 9.17) is 9.26 Å². The lowest BCUT2D eigenvalue weighted by Gasteiger charge is -2.05. The first-order chi connectivity index (χ1) is 9.81. The molecule has 20 heavy (non-hydrogen) atoms. The van der Waals surface area contributed by atoms with Crippen molar-refractivity contribution in [2.24, 2.45) is 0 Å². The van der Waals surface area contributed by atoms with Gasteiger partial charge in [-0.05, 0) is 30.2 Å². The highest BCUT2D eigenvalue weighted by molar-refractivity contribution is 5.39. The molecule has 0 saturated heterocycles. The number of nitrogens with one attached hydrogen (secondary N) is 1. The zero-order valence-corrected chi connectivity index (χ0v) is 11.7. The summed E-state index contributed by atoms with van der Waals surface area (Å²) in [5, 5.41) is 7.28. The van der Waals surface area contributed by atoms with E-state index in [1.807, 2.05) is 6.92 Å². The van der Waals surface area contributed by atoms with Gasteiger partial charge in [-0.1, -0.05) is 17.3 Å². The van der Waals surface area contributed by atoms with Crippen molar-refractivity contribution in [1.29, 1.82) is 0 Å². The lowest BCUT2D eigenvalue weighted by atomic mass is 10.1. The minimum absolute atomic E-state index is 0.625. The minimum Gasteiger partial charge on any atom is -0.493 e. The number of aromatic nitrogens is 2. The fraction of sp³-hybridized carbons (Fsp3) is 0.467. The molecule has 1 aliphatic rings. The van der Waals surface area contributed by atoms with Crippen LogP contribution in [-0.2, 0) is 19.3 Å². The predicted molar refractivity (Wildman–Crippen MR) is 75.0 cm³/mol. The third-order valence-corrected chi connectivity index (χ3v) is 3.44. The highest BCUT2D eigenvalue weighted by Gasteiger charge is 2.11. The summed E-state index contributed by atoms with van der Waals surface area (Å²) in [4.78, 5) is 4.17. The van der Waals surface area contributed by atoms with Crippen LogP contribution >= 0.6 is 0 Å². The fourth-order valence-electron chi connectivity index (χ4n) is 2.40. The quantitative estimate of drug-likeness (QED) is 0.812. The summed E-state index contributed by atoms with van der Waals surface area (Å²) in [6.07, 6.45) is 2.86. The molecule has 0 aliphatic carbocycles. The van der Waals surface area contributed by atoms with Crippen molar-refractivity contribution in [2.75, 3.05) is 19.7 Å². The maximum absolute atomic E-state index is 5.51. The number of fused-ring (bicyclic) bond motifs is 1. The van der Waals surface area contributed by atoms with Crippen molar-refractivity contribution in [2.45, 2.75) is 26.2 Å². The minimum atomic E-state index is 0.625. The Bertz CT molecular complexity index is 580. The van der Waals surface area contributed by atoms with E-state index in [0.717, 1.165) is 50.5 Å². The Labute approximate surface area is 118 Å². The van der Waals surface area contributed by atoms with Gasteiger partial charge in [-0.25, -0.2) is 0 Å². The van der Waals surface area contributed by atoms with Gasteiger partial charge in [0.2, 0.25) is 5.89 Å². The molecule has 1 aromatic heterocycles. The Morgan fingerprint density at radius 1 is 1.25 bits per heavy atom. The summed E-state index contributed by atoms with van der Waals surface area (Å²) in [6, 6.07) is 6.49. The SMILES string of the molecule is Cc1nc(CCNCCc2ccc3c(c2)CCO3)no1. The van der Waals surface area contributed by atoms with E-state index in [-0.39, 0.29) is 0 Å². The van der Waals surface area contributed by atoms with Gasteiger partial charge in [0, 0.05) is 26.3 Å². The van der Waals surface area contributed by atoms with E-state index in [1.54, 1.807) is 0 Å². The molecule has 2 aromatic rings. The van der Waals surface area contributed by atoms with Gasteiger partial charge in [-0.3, -0.25) is 0 Å². The molecular formula is C15H19N3O2. The molecular weight excluding hydrogens is 254 g/mol. The average molecular weight is 273 g/mol. The highest BCUT2D eigenvalue weighted by atomic mass is 16.5. The smallest absolute Gasteiger partial charge is 0.223 e. The zero-order valence-electron chi connectivity index (χ0n) is 11.7. The highest BCUT2D eigenvalue weighted by Crippen LogP contribution is 2.25. The normalized spacial score (nSPS) is 13.2. The van der Waals surface area contributed by atoms with Gasteiger partial charge in [-0.2, -0.15) is 4.98 Å². The lowest BCUT2D eigenvalue weighted by Crippen LogP contribution is -2.20. The Morgan fingerprint density at radius 3 is 3.00 bits per heavy atom. The molecule has 0 atom stereocenters. The standard InChI is InChI=1S/C15H19N3O2/c1-11-17-15(18-20-11)5-8-16-7-4-12-2-3-14-13(10-12)6-9-19-14/h2-3,10,16H,4-9H2,1H3. The van der Waals surface area contributed by atoms with Gasteiger partial charge in [0.25, 0.3) is 0 Å². The largest absolute Gasteiger partial charge is 0.493 e. The van der Waals surface area contributed by atoms with Crippen molar-refractivity contribution in [1.82, 2.24) is 15.5 Å². The monoisotopic (exact) mass is 273 g/mol. The second-order valence-electron chi connectivity index (χ2n) is 5.02. The maximum Gasteiger partial charge on any atom is 0.223 e. The molecule has 1 aromatic carbocycles. The first-order valence-electron chi connectivity index (χ1n) is 7.06. The Balaban J connectivity index is 1.39. The Kier molecular flexibility index (Phi) is 3.97. The van der Waals surface area contributed by atoms with E-state index < -0.39 is 0 Å². The Hall–Kier alpha value is -1.88. The molecule has 5 nitrogen and oxygen atoms in total. The molecule has 1 aliphatic heterocycles. The van der Waals surface area contributed by atoms with E-state index >= 15 is 0 Å². The van der Waals surface area contributed by atoms with Crippen LogP contribution in [0.1, 0.15) is 22.8 Å². The van der Waals surface area contributed by atoms with Gasteiger partial charge in [0.15, 0.2) is 5.82 Å². The van der Waals surface area contributed by atoms with E-state index in [2.05, 4.69) is 33.7 Å². The number of hydrogen-bond donors (Lipinski definition) is 1. The van der Waals surface area contributed by atoms with Crippen LogP contribution in [0, 0.1) is 6.92 Å². The number of benzene rings is 1.